The van der Waals surface area contributed by atoms with Crippen molar-refractivity contribution in [2.24, 2.45) is 0 Å². The highest BCUT2D eigenvalue weighted by Crippen LogP contribution is 2.41. The molecular formula is C10H11ClNO7PS. The van der Waals surface area contributed by atoms with Gasteiger partial charge in [-0.25, -0.2) is 13.0 Å². The molecule has 0 aromatic heterocycles. The summed E-state index contributed by atoms with van der Waals surface area (Å²) >= 11 is 5.45. The fourth-order valence-corrected chi connectivity index (χ4v) is 2.29. The first kappa shape index (κ1) is 17.7. The topological polar surface area (TPSA) is 130 Å². The van der Waals surface area contributed by atoms with Crippen LogP contribution in [-0.2, 0) is 23.7 Å². The summed E-state index contributed by atoms with van der Waals surface area (Å²) in [5.41, 5.74) is 0.257. The smallest absolute Gasteiger partial charge is 0.396 e. The Morgan fingerprint density at radius 2 is 1.81 bits per heavy atom. The van der Waals surface area contributed by atoms with Crippen LogP contribution in [0.5, 0.6) is 0 Å². The number of benzene rings is 1. The van der Waals surface area contributed by atoms with Gasteiger partial charge in [0.2, 0.25) is 5.76 Å². The molecule has 0 unspecified atom stereocenters. The average Bonchev–Trinajstić information content (AvgIpc) is 2.34. The molecule has 0 saturated heterocycles. The second-order valence-electron chi connectivity index (χ2n) is 3.78. The zero-order valence-corrected chi connectivity index (χ0v) is 13.0. The van der Waals surface area contributed by atoms with Crippen molar-refractivity contribution in [3.8, 4) is 0 Å². The van der Waals surface area contributed by atoms with E-state index in [4.69, 9.17) is 21.4 Å². The van der Waals surface area contributed by atoms with E-state index in [0.717, 1.165) is 0 Å². The minimum atomic E-state index is -5.17. The summed E-state index contributed by atoms with van der Waals surface area (Å²) in [5.74, 6) is -2.39. The molecule has 0 aliphatic rings. The molecule has 0 radical (unpaired) electrons. The van der Waals surface area contributed by atoms with Crippen molar-refractivity contribution in [3.05, 3.63) is 40.5 Å². The van der Waals surface area contributed by atoms with Crippen LogP contribution in [0.3, 0.4) is 0 Å². The number of carbonyl (C=O) groups is 1. The molecular weight excluding hydrogens is 345 g/mol. The molecule has 11 heteroatoms. The van der Waals surface area contributed by atoms with Crippen LogP contribution >= 0.6 is 19.4 Å². The van der Waals surface area contributed by atoms with Gasteiger partial charge in [0.25, 0.3) is 5.91 Å². The largest absolute Gasteiger partial charge is 0.525 e. The van der Waals surface area contributed by atoms with Gasteiger partial charge in [0.15, 0.2) is 14.2 Å². The number of hydrogen-bond acceptors (Lipinski definition) is 5. The van der Waals surface area contributed by atoms with Crippen molar-refractivity contribution in [2.75, 3.05) is 11.6 Å². The third-order valence-corrected chi connectivity index (χ3v) is 4.22. The van der Waals surface area contributed by atoms with Crippen LogP contribution in [0, 0.1) is 0 Å². The van der Waals surface area contributed by atoms with E-state index in [1.807, 2.05) is 0 Å². The number of halogens is 1. The Balaban J connectivity index is 3.20. The van der Waals surface area contributed by atoms with Crippen LogP contribution in [0.25, 0.3) is 0 Å². The third-order valence-electron chi connectivity index (χ3n) is 1.95. The zero-order chi connectivity index (χ0) is 16.3. The first-order chi connectivity index (χ1) is 9.50. The lowest BCUT2D eigenvalue weighted by molar-refractivity contribution is -0.115. The molecule has 1 rings (SSSR count). The van der Waals surface area contributed by atoms with E-state index < -0.39 is 33.7 Å². The van der Waals surface area contributed by atoms with Crippen molar-refractivity contribution in [3.63, 3.8) is 0 Å². The highest BCUT2D eigenvalue weighted by atomic mass is 35.5. The van der Waals surface area contributed by atoms with E-state index in [2.05, 4.69) is 9.84 Å². The second kappa shape index (κ2) is 6.59. The van der Waals surface area contributed by atoms with Crippen molar-refractivity contribution >= 4 is 40.9 Å². The van der Waals surface area contributed by atoms with Crippen molar-refractivity contribution < 1.29 is 32.1 Å². The van der Waals surface area contributed by atoms with Gasteiger partial charge in [0.05, 0.1) is 0 Å². The fraction of sp³-hybridized carbons (Fsp3) is 0.100. The average molecular weight is 356 g/mol. The summed E-state index contributed by atoms with van der Waals surface area (Å²) in [6.07, 6.45) is 0.661. The maximum atomic E-state index is 11.9. The van der Waals surface area contributed by atoms with E-state index in [0.29, 0.717) is 6.26 Å². The molecule has 21 heavy (non-hydrogen) atoms. The number of hydrogen-bond donors (Lipinski definition) is 3. The van der Waals surface area contributed by atoms with Gasteiger partial charge in [-0.3, -0.25) is 14.6 Å². The number of phosphoric acid groups is 1. The Morgan fingerprint density at radius 1 is 1.29 bits per heavy atom. The Labute approximate surface area is 125 Å². The summed E-state index contributed by atoms with van der Waals surface area (Å²) < 4.78 is 36.4. The van der Waals surface area contributed by atoms with Gasteiger partial charge in [-0.15, -0.1) is 0 Å². The lowest BCUT2D eigenvalue weighted by Gasteiger charge is -2.12. The number of nitrogens with one attached hydrogen (secondary N) is 1. The lowest BCUT2D eigenvalue weighted by atomic mass is 10.3. The molecule has 0 aliphatic carbocycles. The Morgan fingerprint density at radius 3 is 2.24 bits per heavy atom. The number of phosphoric ester groups is 1. The standard InChI is InChI=1S/C10H11ClNO7PS/c1-21(17,18)9(11)8(19-20(14,15)16)10(13)12-7-5-3-2-4-6-7/h2-6H,1H3,(H,12,13)(H2,14,15,16). The van der Waals surface area contributed by atoms with E-state index in [9.17, 15) is 17.8 Å². The molecule has 0 spiro atoms. The van der Waals surface area contributed by atoms with Crippen LogP contribution in [-0.4, -0.2) is 30.4 Å². The number of carbonyl (C=O) groups excluding carboxylic acids is 1. The predicted octanol–water partition coefficient (Wildman–Crippen LogP) is 1.19. The fourth-order valence-electron chi connectivity index (χ4n) is 1.16. The van der Waals surface area contributed by atoms with Crippen molar-refractivity contribution in [1.29, 1.82) is 0 Å². The molecule has 0 heterocycles. The maximum Gasteiger partial charge on any atom is 0.525 e. The highest BCUT2D eigenvalue weighted by Gasteiger charge is 2.29. The van der Waals surface area contributed by atoms with E-state index >= 15 is 0 Å². The monoisotopic (exact) mass is 355 g/mol. The summed E-state index contributed by atoms with van der Waals surface area (Å²) in [7, 11) is -9.27. The first-order valence-corrected chi connectivity index (χ1v) is 9.02. The predicted molar refractivity (Wildman–Crippen MR) is 75.9 cm³/mol. The molecule has 0 aliphatic heterocycles. The summed E-state index contributed by atoms with van der Waals surface area (Å²) in [6, 6.07) is 7.78. The van der Waals surface area contributed by atoms with Crippen LogP contribution in [0.15, 0.2) is 40.5 Å². The molecule has 0 bridgehead atoms. The van der Waals surface area contributed by atoms with Crippen molar-refractivity contribution in [1.82, 2.24) is 0 Å². The molecule has 3 N–H and O–H groups in total. The molecule has 8 nitrogen and oxygen atoms in total. The van der Waals surface area contributed by atoms with Crippen LogP contribution in [0.2, 0.25) is 0 Å². The highest BCUT2D eigenvalue weighted by molar-refractivity contribution is 7.96. The minimum absolute atomic E-state index is 0.257. The Kier molecular flexibility index (Phi) is 5.54. The Bertz CT molecular complexity index is 710. The second-order valence-corrected chi connectivity index (χ2v) is 7.50. The van der Waals surface area contributed by atoms with Gasteiger partial charge in [-0.1, -0.05) is 29.8 Å². The first-order valence-electron chi connectivity index (χ1n) is 5.22. The number of para-hydroxylation sites is 1. The van der Waals surface area contributed by atoms with Crippen LogP contribution in [0.1, 0.15) is 0 Å². The number of rotatable bonds is 5. The summed E-state index contributed by atoms with van der Waals surface area (Å²) in [5, 5.41) is 2.20. The van der Waals surface area contributed by atoms with E-state index in [1.165, 1.54) is 12.1 Å². The summed E-state index contributed by atoms with van der Waals surface area (Å²) in [4.78, 5) is 29.4. The molecule has 0 atom stereocenters. The quantitative estimate of drug-likeness (QED) is 0.411. The van der Waals surface area contributed by atoms with Gasteiger partial charge in [0, 0.05) is 11.9 Å². The lowest BCUT2D eigenvalue weighted by Crippen LogP contribution is -2.19. The molecule has 0 saturated carbocycles. The van der Waals surface area contributed by atoms with Gasteiger partial charge < -0.3 is 9.84 Å². The third kappa shape index (κ3) is 5.86. The number of amides is 1. The SMILES string of the molecule is CS(=O)(=O)C(Cl)=C(OP(=O)(O)O)C(=O)Nc1ccccc1. The molecule has 116 valence electrons. The molecule has 1 aromatic carbocycles. The van der Waals surface area contributed by atoms with Gasteiger partial charge >= 0.3 is 7.82 Å². The van der Waals surface area contributed by atoms with Gasteiger partial charge in [-0.2, -0.15) is 0 Å². The number of anilines is 1. The molecule has 1 amide bonds. The summed E-state index contributed by atoms with van der Waals surface area (Å²) in [6.45, 7) is 0. The van der Waals surface area contributed by atoms with Crippen LogP contribution in [0.4, 0.5) is 5.69 Å². The van der Waals surface area contributed by atoms with Crippen LogP contribution < -0.4 is 5.32 Å². The van der Waals surface area contributed by atoms with Gasteiger partial charge in [-0.05, 0) is 12.1 Å². The zero-order valence-electron chi connectivity index (χ0n) is 10.6. The maximum absolute atomic E-state index is 11.9. The minimum Gasteiger partial charge on any atom is -0.396 e. The Hall–Kier alpha value is -1.38. The van der Waals surface area contributed by atoms with Gasteiger partial charge in [0.1, 0.15) is 0 Å². The van der Waals surface area contributed by atoms with Crippen molar-refractivity contribution in [2.45, 2.75) is 0 Å². The number of sulfone groups is 1. The molecule has 1 aromatic rings. The van der Waals surface area contributed by atoms with E-state index in [-0.39, 0.29) is 5.69 Å². The normalized spacial score (nSPS) is 13.3. The molecule has 0 fully saturated rings. The van der Waals surface area contributed by atoms with E-state index in [1.54, 1.807) is 18.2 Å².